The molecule has 1 saturated heterocycles. The molecule has 2 heterocycles. The van der Waals surface area contributed by atoms with E-state index in [0.717, 1.165) is 5.52 Å². The van der Waals surface area contributed by atoms with Crippen molar-refractivity contribution in [3.8, 4) is 0 Å². The van der Waals surface area contributed by atoms with E-state index in [0.29, 0.717) is 30.8 Å². The van der Waals surface area contributed by atoms with Crippen LogP contribution in [0.4, 0.5) is 0 Å². The fourth-order valence-electron chi connectivity index (χ4n) is 2.97. The summed E-state index contributed by atoms with van der Waals surface area (Å²) in [7, 11) is 0. The first kappa shape index (κ1) is 15.9. The second kappa shape index (κ2) is 6.66. The molecule has 1 aliphatic rings. The first-order chi connectivity index (χ1) is 11.1. The highest BCUT2D eigenvalue weighted by Crippen LogP contribution is 2.20. The Morgan fingerprint density at radius 3 is 3.00 bits per heavy atom. The van der Waals surface area contributed by atoms with Crippen molar-refractivity contribution in [3.05, 3.63) is 30.1 Å². The number of imidazole rings is 1. The van der Waals surface area contributed by atoms with Crippen molar-refractivity contribution in [2.45, 2.75) is 25.7 Å². The molecule has 23 heavy (non-hydrogen) atoms. The van der Waals surface area contributed by atoms with Crippen molar-refractivity contribution < 1.29 is 19.7 Å². The predicted octanol–water partition coefficient (Wildman–Crippen LogP) is 0.250. The van der Waals surface area contributed by atoms with Crippen LogP contribution in [-0.2, 0) is 11.3 Å². The number of aliphatic hydroxyl groups is 2. The standard InChI is InChI=1S/C16H21N3O4/c1-2-23-15-9-19(8-14(15)21)16(22)11-3-4-13-12(7-11)17-10-18(13)5-6-20/h3-4,7,10,14-15,20-21H,2,5-6,8-9H2,1H3/t14-,15-/m0/s1. The number of hydrogen-bond acceptors (Lipinski definition) is 5. The zero-order valence-electron chi connectivity index (χ0n) is 13.1. The summed E-state index contributed by atoms with van der Waals surface area (Å²) in [5.41, 5.74) is 2.13. The van der Waals surface area contributed by atoms with E-state index in [-0.39, 0.29) is 25.2 Å². The Hall–Kier alpha value is -1.96. The Bertz CT molecular complexity index is 700. The highest BCUT2D eigenvalue weighted by molar-refractivity contribution is 5.97. The summed E-state index contributed by atoms with van der Waals surface area (Å²) in [6, 6.07) is 5.32. The third-order valence-electron chi connectivity index (χ3n) is 4.11. The minimum absolute atomic E-state index is 0.0383. The lowest BCUT2D eigenvalue weighted by atomic mass is 10.1. The minimum Gasteiger partial charge on any atom is -0.395 e. The molecule has 0 saturated carbocycles. The molecule has 2 atom stereocenters. The largest absolute Gasteiger partial charge is 0.395 e. The third kappa shape index (κ3) is 3.08. The molecule has 1 amide bonds. The van der Waals surface area contributed by atoms with Crippen LogP contribution in [0.25, 0.3) is 11.0 Å². The quantitative estimate of drug-likeness (QED) is 0.825. The van der Waals surface area contributed by atoms with E-state index in [1.165, 1.54) is 0 Å². The molecule has 1 aromatic heterocycles. The van der Waals surface area contributed by atoms with Gasteiger partial charge in [0.05, 0.1) is 30.1 Å². The number of rotatable bonds is 5. The lowest BCUT2D eigenvalue weighted by Gasteiger charge is -2.16. The van der Waals surface area contributed by atoms with Gasteiger partial charge in [-0.25, -0.2) is 4.98 Å². The van der Waals surface area contributed by atoms with Crippen LogP contribution in [0.1, 0.15) is 17.3 Å². The van der Waals surface area contributed by atoms with Crippen LogP contribution in [-0.4, -0.2) is 69.1 Å². The van der Waals surface area contributed by atoms with Crippen LogP contribution in [0, 0.1) is 0 Å². The molecule has 124 valence electrons. The van der Waals surface area contributed by atoms with Crippen LogP contribution < -0.4 is 0 Å². The van der Waals surface area contributed by atoms with Gasteiger partial charge in [0.15, 0.2) is 0 Å². The Labute approximate surface area is 134 Å². The van der Waals surface area contributed by atoms with Gasteiger partial charge in [-0.3, -0.25) is 4.79 Å². The third-order valence-corrected chi connectivity index (χ3v) is 4.11. The smallest absolute Gasteiger partial charge is 0.254 e. The number of likely N-dealkylation sites (tertiary alicyclic amines) is 1. The highest BCUT2D eigenvalue weighted by Gasteiger charge is 2.34. The fourth-order valence-corrected chi connectivity index (χ4v) is 2.97. The molecular weight excluding hydrogens is 298 g/mol. The van der Waals surface area contributed by atoms with Crippen LogP contribution in [0.15, 0.2) is 24.5 Å². The average Bonchev–Trinajstić information content (AvgIpc) is 3.11. The van der Waals surface area contributed by atoms with Crippen molar-refractivity contribution in [1.82, 2.24) is 14.5 Å². The van der Waals surface area contributed by atoms with E-state index in [4.69, 9.17) is 9.84 Å². The lowest BCUT2D eigenvalue weighted by molar-refractivity contribution is -0.00237. The van der Waals surface area contributed by atoms with E-state index in [2.05, 4.69) is 4.98 Å². The molecule has 0 radical (unpaired) electrons. The summed E-state index contributed by atoms with van der Waals surface area (Å²) in [6.45, 7) is 3.56. The zero-order chi connectivity index (χ0) is 16.4. The molecule has 2 aromatic rings. The van der Waals surface area contributed by atoms with Crippen LogP contribution in [0.5, 0.6) is 0 Å². The number of β-amino-alcohol motifs (C(OH)–C–C–N with tert-alkyl or cyclic N) is 1. The number of aliphatic hydroxyl groups excluding tert-OH is 2. The molecule has 0 unspecified atom stereocenters. The van der Waals surface area contributed by atoms with Crippen LogP contribution >= 0.6 is 0 Å². The van der Waals surface area contributed by atoms with Gasteiger partial charge in [-0.1, -0.05) is 0 Å². The molecule has 1 aliphatic heterocycles. The number of carbonyl (C=O) groups excluding carboxylic acids is 1. The Morgan fingerprint density at radius 2 is 2.26 bits per heavy atom. The number of benzene rings is 1. The van der Waals surface area contributed by atoms with Gasteiger partial charge >= 0.3 is 0 Å². The van der Waals surface area contributed by atoms with Gasteiger partial charge in [-0.2, -0.15) is 0 Å². The number of fused-ring (bicyclic) bond motifs is 1. The molecule has 1 fully saturated rings. The minimum atomic E-state index is -0.647. The maximum Gasteiger partial charge on any atom is 0.254 e. The molecular formula is C16H21N3O4. The lowest BCUT2D eigenvalue weighted by Crippen LogP contribution is -2.30. The zero-order valence-corrected chi connectivity index (χ0v) is 13.1. The van der Waals surface area contributed by atoms with E-state index in [9.17, 15) is 9.90 Å². The predicted molar refractivity (Wildman–Crippen MR) is 84.1 cm³/mol. The van der Waals surface area contributed by atoms with Crippen molar-refractivity contribution in [1.29, 1.82) is 0 Å². The molecule has 2 N–H and O–H groups in total. The van der Waals surface area contributed by atoms with Crippen molar-refractivity contribution in [3.63, 3.8) is 0 Å². The number of nitrogens with zero attached hydrogens (tertiary/aromatic N) is 3. The summed E-state index contributed by atoms with van der Waals surface area (Å²) >= 11 is 0. The van der Waals surface area contributed by atoms with E-state index in [1.807, 2.05) is 17.6 Å². The van der Waals surface area contributed by atoms with Crippen LogP contribution in [0.2, 0.25) is 0 Å². The number of amides is 1. The summed E-state index contributed by atoms with van der Waals surface area (Å²) in [6.07, 6.45) is 0.683. The molecule has 3 rings (SSSR count). The normalized spacial score (nSPS) is 21.3. The maximum atomic E-state index is 12.6. The average molecular weight is 319 g/mol. The molecule has 0 spiro atoms. The van der Waals surface area contributed by atoms with E-state index >= 15 is 0 Å². The Kier molecular flexibility index (Phi) is 4.61. The van der Waals surface area contributed by atoms with Crippen molar-refractivity contribution in [2.24, 2.45) is 0 Å². The Morgan fingerprint density at radius 1 is 1.43 bits per heavy atom. The van der Waals surface area contributed by atoms with E-state index in [1.54, 1.807) is 23.4 Å². The van der Waals surface area contributed by atoms with Crippen LogP contribution in [0.3, 0.4) is 0 Å². The van der Waals surface area contributed by atoms with Gasteiger partial charge in [0, 0.05) is 31.8 Å². The SMILES string of the molecule is CCO[C@H]1CN(C(=O)c2ccc3c(c2)ncn3CCO)C[C@@H]1O. The number of ether oxygens (including phenoxy) is 1. The monoisotopic (exact) mass is 319 g/mol. The summed E-state index contributed by atoms with van der Waals surface area (Å²) in [5, 5.41) is 19.0. The molecule has 7 nitrogen and oxygen atoms in total. The highest BCUT2D eigenvalue weighted by atomic mass is 16.5. The first-order valence-corrected chi connectivity index (χ1v) is 7.78. The van der Waals surface area contributed by atoms with Gasteiger partial charge in [0.1, 0.15) is 6.10 Å². The molecule has 1 aromatic carbocycles. The Balaban J connectivity index is 1.79. The van der Waals surface area contributed by atoms with Gasteiger partial charge in [-0.15, -0.1) is 0 Å². The maximum absolute atomic E-state index is 12.6. The van der Waals surface area contributed by atoms with Crippen molar-refractivity contribution in [2.75, 3.05) is 26.3 Å². The summed E-state index contributed by atoms with van der Waals surface area (Å²) in [4.78, 5) is 18.5. The molecule has 0 bridgehead atoms. The number of carbonyl (C=O) groups is 1. The van der Waals surface area contributed by atoms with Crippen molar-refractivity contribution >= 4 is 16.9 Å². The number of hydrogen-bond donors (Lipinski definition) is 2. The molecule has 0 aliphatic carbocycles. The fraction of sp³-hybridized carbons (Fsp3) is 0.500. The second-order valence-electron chi connectivity index (χ2n) is 5.64. The second-order valence-corrected chi connectivity index (χ2v) is 5.64. The van der Waals surface area contributed by atoms with Gasteiger partial charge in [0.2, 0.25) is 0 Å². The first-order valence-electron chi connectivity index (χ1n) is 7.78. The van der Waals surface area contributed by atoms with Gasteiger partial charge in [0.25, 0.3) is 5.91 Å². The molecule has 7 heteroatoms. The van der Waals surface area contributed by atoms with Gasteiger partial charge in [-0.05, 0) is 25.1 Å². The van der Waals surface area contributed by atoms with Gasteiger partial charge < -0.3 is 24.4 Å². The topological polar surface area (TPSA) is 87.8 Å². The number of aromatic nitrogens is 2. The van der Waals surface area contributed by atoms with E-state index < -0.39 is 6.10 Å². The summed E-state index contributed by atoms with van der Waals surface area (Å²) in [5.74, 6) is -0.134. The summed E-state index contributed by atoms with van der Waals surface area (Å²) < 4.78 is 7.29.